The van der Waals surface area contributed by atoms with Crippen LogP contribution in [0.1, 0.15) is 62.8 Å². The van der Waals surface area contributed by atoms with E-state index < -0.39 is 46.9 Å². The first-order valence-electron chi connectivity index (χ1n) is 15.3. The number of hydrogen-bond acceptors (Lipinski definition) is 10. The van der Waals surface area contributed by atoms with Gasteiger partial charge in [0.2, 0.25) is 6.10 Å². The van der Waals surface area contributed by atoms with Crippen molar-refractivity contribution >= 4 is 18.0 Å². The van der Waals surface area contributed by atoms with Crippen molar-refractivity contribution in [2.45, 2.75) is 81.3 Å². The summed E-state index contributed by atoms with van der Waals surface area (Å²) in [6.07, 6.45) is 0.264. The van der Waals surface area contributed by atoms with E-state index in [1.54, 1.807) is 64.3 Å². The number of piperidine rings is 1. The second kappa shape index (κ2) is 11.4. The topological polar surface area (TPSA) is 133 Å². The molecule has 2 N–H and O–H groups in total. The summed E-state index contributed by atoms with van der Waals surface area (Å²) < 4.78 is 28.7. The average molecular weight is 621 g/mol. The minimum absolute atomic E-state index is 0.0579. The van der Waals surface area contributed by atoms with Crippen LogP contribution in [0.2, 0.25) is 0 Å². The molecule has 2 aliphatic carbocycles. The number of likely N-dealkylation sites (N-methyl/N-ethyl adjacent to an activating group) is 1. The maximum Gasteiger partial charge on any atom is 0.509 e. The molecule has 1 spiro atoms. The van der Waals surface area contributed by atoms with E-state index in [0.29, 0.717) is 42.1 Å². The lowest BCUT2D eigenvalue weighted by atomic mass is 9.50. The van der Waals surface area contributed by atoms with Crippen LogP contribution in [0.5, 0.6) is 11.5 Å². The van der Waals surface area contributed by atoms with Crippen LogP contribution in [0.3, 0.4) is 0 Å². The van der Waals surface area contributed by atoms with E-state index in [2.05, 4.69) is 10.2 Å². The molecule has 4 aliphatic rings. The summed E-state index contributed by atoms with van der Waals surface area (Å²) in [5.74, 6) is 0.344. The van der Waals surface area contributed by atoms with Gasteiger partial charge in [0, 0.05) is 30.1 Å². The van der Waals surface area contributed by atoms with Crippen LogP contribution in [-0.4, -0.2) is 78.6 Å². The molecular formula is C34H40N2O9. The first-order valence-corrected chi connectivity index (χ1v) is 15.3. The first kappa shape index (κ1) is 30.9. The lowest BCUT2D eigenvalue weighted by molar-refractivity contribution is -0.169. The minimum Gasteiger partial charge on any atom is -0.493 e. The van der Waals surface area contributed by atoms with E-state index in [-0.39, 0.29) is 19.0 Å². The molecule has 2 aliphatic heterocycles. The largest absolute Gasteiger partial charge is 0.509 e. The normalized spacial score (nSPS) is 26.8. The molecule has 0 unspecified atom stereocenters. The summed E-state index contributed by atoms with van der Waals surface area (Å²) >= 11 is 0. The number of nitrogens with one attached hydrogen (secondary N) is 1. The number of likely N-dealkylation sites (tertiary alicyclic amines) is 1. The third-order valence-corrected chi connectivity index (χ3v) is 9.36. The zero-order valence-electron chi connectivity index (χ0n) is 26.3. The molecule has 0 radical (unpaired) electrons. The molecule has 2 heterocycles. The molecule has 2 aromatic carbocycles. The number of nitrogens with zero attached hydrogens (tertiary/aromatic N) is 1. The third-order valence-electron chi connectivity index (χ3n) is 9.36. The van der Waals surface area contributed by atoms with E-state index in [4.69, 9.17) is 23.7 Å². The predicted octanol–water partition coefficient (Wildman–Crippen LogP) is 3.72. The van der Waals surface area contributed by atoms with Crippen LogP contribution in [0.4, 0.5) is 4.79 Å². The number of benzene rings is 2. The standard InChI is InChI=1S/C34H40N2O9/c1-32(2,3)45-31(39)44-27(20-9-7-6-8-10-20)30(38)35-17-14-25(37)42-23-13-15-34(40)24-19-21-11-12-22(41-5)28-26(21)33(34,29(23)43-28)16-18-36(24)4/h6-13,24,27,29,40H,14-19H2,1-5H3,(H,35,38)/t24-,27-,29-,33-,34+/m0/s1. The molecule has 11 heteroatoms. The number of carbonyl (C=O) groups excluding carboxylic acids is 3. The molecule has 45 heavy (non-hydrogen) atoms. The van der Waals surface area contributed by atoms with Gasteiger partial charge >= 0.3 is 12.1 Å². The Morgan fingerprint density at radius 3 is 2.62 bits per heavy atom. The minimum atomic E-state index is -1.27. The van der Waals surface area contributed by atoms with Gasteiger partial charge in [-0.15, -0.1) is 0 Å². The van der Waals surface area contributed by atoms with Crippen LogP contribution in [0, 0.1) is 0 Å². The number of hydrogen-bond donors (Lipinski definition) is 2. The molecule has 0 aromatic heterocycles. The zero-order chi connectivity index (χ0) is 32.1. The van der Waals surface area contributed by atoms with E-state index in [0.717, 1.165) is 17.7 Å². The van der Waals surface area contributed by atoms with Crippen molar-refractivity contribution in [2.75, 3.05) is 27.2 Å². The number of ether oxygens (including phenoxy) is 5. The third kappa shape index (κ3) is 5.21. The zero-order valence-corrected chi connectivity index (χ0v) is 26.3. The quantitative estimate of drug-likeness (QED) is 0.421. The van der Waals surface area contributed by atoms with Crippen molar-refractivity contribution in [1.82, 2.24) is 10.2 Å². The molecular weight excluding hydrogens is 580 g/mol. The Hall–Kier alpha value is -4.09. The number of rotatable bonds is 8. The Kier molecular flexibility index (Phi) is 7.81. The van der Waals surface area contributed by atoms with Gasteiger partial charge in [-0.25, -0.2) is 4.79 Å². The fourth-order valence-corrected chi connectivity index (χ4v) is 7.42. The number of methoxy groups -OCH3 is 1. The van der Waals surface area contributed by atoms with E-state index in [1.165, 1.54) is 0 Å². The molecule has 2 aromatic rings. The van der Waals surface area contributed by atoms with Gasteiger partial charge in [-0.1, -0.05) is 36.4 Å². The first-order chi connectivity index (χ1) is 21.4. The maximum absolute atomic E-state index is 13.1. The Balaban J connectivity index is 1.15. The summed E-state index contributed by atoms with van der Waals surface area (Å²) in [5.41, 5.74) is -0.192. The molecule has 1 amide bonds. The van der Waals surface area contributed by atoms with Crippen molar-refractivity contribution in [1.29, 1.82) is 0 Å². The summed E-state index contributed by atoms with van der Waals surface area (Å²) in [7, 11) is 3.61. The average Bonchev–Trinajstić information content (AvgIpc) is 3.34. The number of amides is 1. The van der Waals surface area contributed by atoms with Crippen LogP contribution < -0.4 is 14.8 Å². The summed E-state index contributed by atoms with van der Waals surface area (Å²) in [5, 5.41) is 15.0. The van der Waals surface area contributed by atoms with Gasteiger partial charge in [0.15, 0.2) is 17.6 Å². The SMILES string of the molecule is COc1ccc2c3c1O[C@H]1C(OC(=O)CCNC(=O)[C@@H](OC(=O)OC(C)(C)C)c4ccccc4)=CC[C@@]4(O)[C@H](C2)N(C)CC[C@]314. The maximum atomic E-state index is 13.1. The Bertz CT molecular complexity index is 1530. The van der Waals surface area contributed by atoms with Gasteiger partial charge in [-0.3, -0.25) is 9.59 Å². The van der Waals surface area contributed by atoms with E-state index >= 15 is 0 Å². The molecule has 5 atom stereocenters. The highest BCUT2D eigenvalue weighted by atomic mass is 16.7. The second-order valence-electron chi connectivity index (χ2n) is 13.2. The van der Waals surface area contributed by atoms with Crippen LogP contribution >= 0.6 is 0 Å². The number of esters is 1. The monoisotopic (exact) mass is 620 g/mol. The van der Waals surface area contributed by atoms with E-state index in [1.807, 2.05) is 19.2 Å². The van der Waals surface area contributed by atoms with Crippen molar-refractivity contribution in [3.8, 4) is 11.5 Å². The molecule has 1 saturated heterocycles. The summed E-state index contributed by atoms with van der Waals surface area (Å²) in [6.45, 7) is 5.79. The lowest BCUT2D eigenvalue weighted by Crippen LogP contribution is -2.74. The molecule has 1 fully saturated rings. The van der Waals surface area contributed by atoms with Crippen LogP contribution in [0.25, 0.3) is 0 Å². The lowest BCUT2D eigenvalue weighted by Gasteiger charge is -2.61. The summed E-state index contributed by atoms with van der Waals surface area (Å²) in [6, 6.07) is 12.4. The molecule has 11 nitrogen and oxygen atoms in total. The highest BCUT2D eigenvalue weighted by Gasteiger charge is 2.72. The van der Waals surface area contributed by atoms with Gasteiger partial charge < -0.3 is 39.0 Å². The number of carbonyl (C=O) groups is 3. The van der Waals surface area contributed by atoms with Crippen LogP contribution in [0.15, 0.2) is 54.3 Å². The highest BCUT2D eigenvalue weighted by Crippen LogP contribution is 2.65. The smallest absolute Gasteiger partial charge is 0.493 e. The van der Waals surface area contributed by atoms with Gasteiger partial charge in [-0.05, 0) is 64.9 Å². The van der Waals surface area contributed by atoms with Crippen molar-refractivity contribution < 1.29 is 43.2 Å². The highest BCUT2D eigenvalue weighted by molar-refractivity contribution is 5.84. The predicted molar refractivity (Wildman–Crippen MR) is 162 cm³/mol. The Labute approximate surface area is 262 Å². The molecule has 2 bridgehead atoms. The fourth-order valence-electron chi connectivity index (χ4n) is 7.42. The van der Waals surface area contributed by atoms with Crippen molar-refractivity contribution in [3.63, 3.8) is 0 Å². The van der Waals surface area contributed by atoms with Gasteiger partial charge in [0.25, 0.3) is 5.91 Å². The Morgan fingerprint density at radius 1 is 1.16 bits per heavy atom. The Morgan fingerprint density at radius 2 is 1.91 bits per heavy atom. The summed E-state index contributed by atoms with van der Waals surface area (Å²) in [4.78, 5) is 40.9. The van der Waals surface area contributed by atoms with E-state index in [9.17, 15) is 19.5 Å². The van der Waals surface area contributed by atoms with Gasteiger partial charge in [-0.2, -0.15) is 0 Å². The second-order valence-corrected chi connectivity index (χ2v) is 13.2. The molecule has 6 rings (SSSR count). The van der Waals surface area contributed by atoms with Crippen molar-refractivity contribution in [3.05, 3.63) is 71.0 Å². The van der Waals surface area contributed by atoms with Gasteiger partial charge in [0.05, 0.1) is 24.5 Å². The van der Waals surface area contributed by atoms with Gasteiger partial charge in [0.1, 0.15) is 11.4 Å². The fraction of sp³-hybridized carbons (Fsp3) is 0.500. The van der Waals surface area contributed by atoms with Crippen molar-refractivity contribution in [2.24, 2.45) is 0 Å². The number of aliphatic hydroxyl groups is 1. The molecule has 240 valence electrons. The molecule has 0 saturated carbocycles. The van der Waals surface area contributed by atoms with Crippen LogP contribution in [-0.2, 0) is 35.6 Å².